The van der Waals surface area contributed by atoms with Gasteiger partial charge in [0.15, 0.2) is 0 Å². The number of rotatable bonds is 6. The fraction of sp³-hybridized carbons (Fsp3) is 0.700. The monoisotopic (exact) mass is 227 g/mol. The molecule has 1 heterocycles. The summed E-state index contributed by atoms with van der Waals surface area (Å²) >= 11 is 1.47. The molecular weight excluding hydrogens is 210 g/mol. The van der Waals surface area contributed by atoms with E-state index in [4.69, 9.17) is 0 Å². The number of carbonyl (C=O) groups is 1. The normalized spacial score (nSPS) is 10.3. The summed E-state index contributed by atoms with van der Waals surface area (Å²) in [7, 11) is 0. The zero-order chi connectivity index (χ0) is 11.1. The van der Waals surface area contributed by atoms with Gasteiger partial charge < -0.3 is 5.32 Å². The third-order valence-corrected chi connectivity index (χ3v) is 2.93. The highest BCUT2D eigenvalue weighted by Crippen LogP contribution is 2.17. The predicted octanol–water partition coefficient (Wildman–Crippen LogP) is 2.62. The first-order valence-corrected chi connectivity index (χ1v) is 6.20. The number of aromatic nitrogens is 2. The summed E-state index contributed by atoms with van der Waals surface area (Å²) < 4.78 is 0. The lowest BCUT2D eigenvalue weighted by Crippen LogP contribution is -2.08. The molecule has 1 amide bonds. The highest BCUT2D eigenvalue weighted by molar-refractivity contribution is 7.15. The van der Waals surface area contributed by atoms with Crippen molar-refractivity contribution in [3.63, 3.8) is 0 Å². The van der Waals surface area contributed by atoms with Gasteiger partial charge in [0.1, 0.15) is 5.01 Å². The summed E-state index contributed by atoms with van der Waals surface area (Å²) in [6.07, 6.45) is 5.01. The second-order valence-corrected chi connectivity index (χ2v) is 4.42. The highest BCUT2D eigenvalue weighted by atomic mass is 32.1. The van der Waals surface area contributed by atoms with Crippen molar-refractivity contribution in [2.24, 2.45) is 0 Å². The fourth-order valence-electron chi connectivity index (χ4n) is 1.14. The molecule has 1 rings (SSSR count). The van der Waals surface area contributed by atoms with Crippen LogP contribution < -0.4 is 5.32 Å². The van der Waals surface area contributed by atoms with Gasteiger partial charge in [-0.25, -0.2) is 0 Å². The maximum absolute atomic E-state index is 11.1. The molecule has 0 aliphatic heterocycles. The number of unbranched alkanes of at least 4 members (excludes halogenated alkanes) is 2. The lowest BCUT2D eigenvalue weighted by atomic mass is 10.2. The van der Waals surface area contributed by atoms with Crippen LogP contribution >= 0.6 is 11.3 Å². The molecular formula is C10H17N3OS. The topological polar surface area (TPSA) is 54.9 Å². The second-order valence-electron chi connectivity index (χ2n) is 3.36. The quantitative estimate of drug-likeness (QED) is 0.760. The minimum atomic E-state index is -0.00809. The predicted molar refractivity (Wildman–Crippen MR) is 62.1 cm³/mol. The molecule has 0 saturated heterocycles. The molecule has 0 saturated carbocycles. The first-order chi connectivity index (χ1) is 7.26. The summed E-state index contributed by atoms with van der Waals surface area (Å²) in [6, 6.07) is 0. The first-order valence-electron chi connectivity index (χ1n) is 5.38. The molecule has 0 unspecified atom stereocenters. The lowest BCUT2D eigenvalue weighted by molar-refractivity contribution is -0.115. The van der Waals surface area contributed by atoms with Gasteiger partial charge in [0.05, 0.1) is 0 Å². The van der Waals surface area contributed by atoms with Crippen LogP contribution in [0.2, 0.25) is 0 Å². The molecule has 0 fully saturated rings. The Morgan fingerprint density at radius 3 is 2.80 bits per heavy atom. The highest BCUT2D eigenvalue weighted by Gasteiger charge is 2.05. The van der Waals surface area contributed by atoms with E-state index in [0.29, 0.717) is 11.6 Å². The zero-order valence-electron chi connectivity index (χ0n) is 9.25. The molecule has 1 N–H and O–H groups in total. The molecule has 0 aliphatic carbocycles. The van der Waals surface area contributed by atoms with Crippen LogP contribution in [-0.4, -0.2) is 16.1 Å². The van der Waals surface area contributed by atoms with E-state index < -0.39 is 0 Å². The summed E-state index contributed by atoms with van der Waals surface area (Å²) in [4.78, 5) is 11.1. The number of anilines is 1. The van der Waals surface area contributed by atoms with Crippen LogP contribution in [0, 0.1) is 0 Å². The van der Waals surface area contributed by atoms with Crippen molar-refractivity contribution in [1.29, 1.82) is 0 Å². The van der Waals surface area contributed by atoms with Crippen molar-refractivity contribution >= 4 is 22.4 Å². The maximum Gasteiger partial charge on any atom is 0.225 e. The van der Waals surface area contributed by atoms with E-state index in [0.717, 1.165) is 17.8 Å². The average molecular weight is 227 g/mol. The minimum Gasteiger partial charge on any atom is -0.301 e. The van der Waals surface area contributed by atoms with E-state index in [1.807, 2.05) is 6.92 Å². The largest absolute Gasteiger partial charge is 0.301 e. The third-order valence-electron chi connectivity index (χ3n) is 2.03. The van der Waals surface area contributed by atoms with Crippen molar-refractivity contribution in [1.82, 2.24) is 10.2 Å². The van der Waals surface area contributed by atoms with Gasteiger partial charge in [-0.2, -0.15) is 0 Å². The molecule has 0 aliphatic rings. The van der Waals surface area contributed by atoms with Crippen LogP contribution in [0.25, 0.3) is 0 Å². The van der Waals surface area contributed by atoms with Crippen LogP contribution in [0.5, 0.6) is 0 Å². The summed E-state index contributed by atoms with van der Waals surface area (Å²) in [5, 5.41) is 12.3. The molecule has 1 aromatic rings. The van der Waals surface area contributed by atoms with Crippen molar-refractivity contribution in [2.45, 2.75) is 46.0 Å². The Balaban J connectivity index is 2.38. The summed E-state index contributed by atoms with van der Waals surface area (Å²) in [5.41, 5.74) is 0. The van der Waals surface area contributed by atoms with Gasteiger partial charge in [-0.15, -0.1) is 10.2 Å². The van der Waals surface area contributed by atoms with Crippen molar-refractivity contribution in [2.75, 3.05) is 5.32 Å². The average Bonchev–Trinajstić information content (AvgIpc) is 2.66. The van der Waals surface area contributed by atoms with Crippen LogP contribution in [-0.2, 0) is 11.2 Å². The standard InChI is InChI=1S/C10H17N3OS/c1-3-5-6-7-9-12-13-10(15-9)11-8(14)4-2/h3-7H2,1-2H3,(H,11,13,14). The van der Waals surface area contributed by atoms with E-state index in [1.165, 1.54) is 24.2 Å². The van der Waals surface area contributed by atoms with Crippen LogP contribution in [0.15, 0.2) is 0 Å². The summed E-state index contributed by atoms with van der Waals surface area (Å²) in [6.45, 7) is 3.99. The third kappa shape index (κ3) is 4.38. The van der Waals surface area contributed by atoms with Gasteiger partial charge in [0, 0.05) is 12.8 Å². The van der Waals surface area contributed by atoms with Crippen LogP contribution in [0.3, 0.4) is 0 Å². The van der Waals surface area contributed by atoms with Crippen molar-refractivity contribution in [3.8, 4) is 0 Å². The molecule has 0 radical (unpaired) electrons. The number of carbonyl (C=O) groups excluding carboxylic acids is 1. The molecule has 84 valence electrons. The van der Waals surface area contributed by atoms with E-state index in [2.05, 4.69) is 22.4 Å². The van der Waals surface area contributed by atoms with Gasteiger partial charge in [0.2, 0.25) is 11.0 Å². The Bertz CT molecular complexity index is 311. The molecule has 1 aromatic heterocycles. The Morgan fingerprint density at radius 1 is 1.33 bits per heavy atom. The Hall–Kier alpha value is -0.970. The van der Waals surface area contributed by atoms with Crippen molar-refractivity contribution < 1.29 is 4.79 Å². The van der Waals surface area contributed by atoms with Crippen LogP contribution in [0.4, 0.5) is 5.13 Å². The number of hydrogen-bond donors (Lipinski definition) is 1. The summed E-state index contributed by atoms with van der Waals surface area (Å²) in [5.74, 6) is -0.00809. The molecule has 15 heavy (non-hydrogen) atoms. The molecule has 0 spiro atoms. The van der Waals surface area contributed by atoms with Gasteiger partial charge in [-0.05, 0) is 6.42 Å². The Kier molecular flexibility index (Phi) is 5.25. The number of hydrogen-bond acceptors (Lipinski definition) is 4. The van der Waals surface area contributed by atoms with Crippen LogP contribution in [0.1, 0.15) is 44.5 Å². The van der Waals surface area contributed by atoms with E-state index in [-0.39, 0.29) is 5.91 Å². The van der Waals surface area contributed by atoms with Gasteiger partial charge >= 0.3 is 0 Å². The Morgan fingerprint density at radius 2 is 2.13 bits per heavy atom. The molecule has 5 heteroatoms. The number of aryl methyl sites for hydroxylation is 1. The van der Waals surface area contributed by atoms with Crippen molar-refractivity contribution in [3.05, 3.63) is 5.01 Å². The molecule has 4 nitrogen and oxygen atoms in total. The minimum absolute atomic E-state index is 0.00809. The van der Waals surface area contributed by atoms with Gasteiger partial charge in [0.25, 0.3) is 0 Å². The van der Waals surface area contributed by atoms with Gasteiger partial charge in [-0.3, -0.25) is 4.79 Å². The smallest absolute Gasteiger partial charge is 0.225 e. The maximum atomic E-state index is 11.1. The molecule has 0 bridgehead atoms. The number of amides is 1. The fourth-order valence-corrected chi connectivity index (χ4v) is 1.94. The number of nitrogens with zero attached hydrogens (tertiary/aromatic N) is 2. The van der Waals surface area contributed by atoms with E-state index in [1.54, 1.807) is 0 Å². The Labute approximate surface area is 94.1 Å². The molecule has 0 aromatic carbocycles. The SMILES string of the molecule is CCCCCc1nnc(NC(=O)CC)s1. The zero-order valence-corrected chi connectivity index (χ0v) is 10.1. The molecule has 0 atom stereocenters. The first kappa shape index (κ1) is 12.1. The van der Waals surface area contributed by atoms with E-state index >= 15 is 0 Å². The lowest BCUT2D eigenvalue weighted by Gasteiger charge is -1.95. The van der Waals surface area contributed by atoms with E-state index in [9.17, 15) is 4.79 Å². The second kappa shape index (κ2) is 6.50. The van der Waals surface area contributed by atoms with Gasteiger partial charge in [-0.1, -0.05) is 38.0 Å². The number of nitrogens with one attached hydrogen (secondary N) is 1.